The molecule has 0 amide bonds. The van der Waals surface area contributed by atoms with Crippen LogP contribution in [0, 0.1) is 0 Å². The summed E-state index contributed by atoms with van der Waals surface area (Å²) in [7, 11) is 0. The molecule has 0 atom stereocenters. The Morgan fingerprint density at radius 2 is 1.20 bits per heavy atom. The Morgan fingerprint density at radius 1 is 1.00 bits per heavy atom. The molecule has 5 heavy (non-hydrogen) atoms. The predicted octanol–water partition coefficient (Wildman–Crippen LogP) is 0.0213. The van der Waals surface area contributed by atoms with E-state index in [0.717, 1.165) is 11.5 Å². The molecule has 0 aromatic carbocycles. The molecule has 0 aromatic rings. The van der Waals surface area contributed by atoms with Crippen molar-refractivity contribution in [2.75, 3.05) is 11.5 Å². The van der Waals surface area contributed by atoms with Crippen molar-refractivity contribution in [2.45, 2.75) is 0 Å². The largest absolute Gasteiger partial charge is 0.412 e. The molecule has 0 rings (SSSR count). The Morgan fingerprint density at radius 3 is 1.20 bits per heavy atom. The lowest BCUT2D eigenvalue weighted by atomic mass is 11.0. The third-order valence-electron chi connectivity index (χ3n) is 0.1000. The van der Waals surface area contributed by atoms with Crippen molar-refractivity contribution in [1.82, 2.24) is 0 Å². The van der Waals surface area contributed by atoms with E-state index in [1.54, 1.807) is 0 Å². The molecule has 2 N–H and O–H groups in total. The summed E-state index contributed by atoms with van der Waals surface area (Å²) >= 11 is 7.69. The van der Waals surface area contributed by atoms with E-state index in [-0.39, 0.29) is 5.48 Å². The summed E-state index contributed by atoms with van der Waals surface area (Å²) in [6, 6.07) is 0. The molecule has 0 unspecified atom stereocenters. The van der Waals surface area contributed by atoms with Gasteiger partial charge in [0.15, 0.2) is 0 Å². The lowest BCUT2D eigenvalue weighted by Crippen LogP contribution is -1.64. The summed E-state index contributed by atoms with van der Waals surface area (Å²) in [5.74, 6) is 1.76. The van der Waals surface area contributed by atoms with Crippen molar-refractivity contribution in [2.24, 2.45) is 0 Å². The van der Waals surface area contributed by atoms with Crippen LogP contribution in [0.3, 0.4) is 0 Å². The van der Waals surface area contributed by atoms with E-state index in [9.17, 15) is 0 Å². The minimum Gasteiger partial charge on any atom is -0.412 e. The van der Waals surface area contributed by atoms with Gasteiger partial charge in [0.2, 0.25) is 0 Å². The highest BCUT2D eigenvalue weighted by Crippen LogP contribution is 1.73. The van der Waals surface area contributed by atoms with E-state index in [2.05, 4.69) is 25.3 Å². The van der Waals surface area contributed by atoms with Crippen LogP contribution in [0.15, 0.2) is 0 Å². The maximum Gasteiger partial charge on any atom is -0.000932 e. The van der Waals surface area contributed by atoms with E-state index in [4.69, 9.17) is 0 Å². The summed E-state index contributed by atoms with van der Waals surface area (Å²) < 4.78 is 0. The molecular formula is C2H8OS2. The van der Waals surface area contributed by atoms with Crippen LogP contribution in [0.2, 0.25) is 0 Å². The second-order valence-corrected chi connectivity index (χ2v) is 1.34. The standard InChI is InChI=1S/C2H6S2.H2O/c3-1-2-4;/h3-4H,1-2H2;1H2. The fraction of sp³-hybridized carbons (Fsp3) is 1.00. The highest BCUT2D eigenvalue weighted by atomic mass is 32.1. The highest BCUT2D eigenvalue weighted by molar-refractivity contribution is 7.84. The molecule has 0 saturated carbocycles. The van der Waals surface area contributed by atoms with Gasteiger partial charge in [-0.05, 0) is 11.5 Å². The normalized spacial score (nSPS) is 6.00. The van der Waals surface area contributed by atoms with Crippen LogP contribution in [0.4, 0.5) is 0 Å². The van der Waals surface area contributed by atoms with Crippen molar-refractivity contribution in [3.63, 3.8) is 0 Å². The van der Waals surface area contributed by atoms with Crippen LogP contribution < -0.4 is 0 Å². The zero-order valence-corrected chi connectivity index (χ0v) is 4.60. The number of hydrogen-bond acceptors (Lipinski definition) is 2. The zero-order chi connectivity index (χ0) is 3.41. The van der Waals surface area contributed by atoms with Crippen LogP contribution in [0.25, 0.3) is 0 Å². The first-order valence-electron chi connectivity index (χ1n) is 1.13. The van der Waals surface area contributed by atoms with Gasteiger partial charge in [-0.2, -0.15) is 25.3 Å². The smallest absolute Gasteiger partial charge is 0.000932 e. The Hall–Kier alpha value is 0.660. The third-order valence-corrected chi connectivity index (χ3v) is 0.900. The van der Waals surface area contributed by atoms with E-state index < -0.39 is 0 Å². The van der Waals surface area contributed by atoms with Crippen LogP contribution >= 0.6 is 25.3 Å². The Balaban J connectivity index is 0. The second-order valence-electron chi connectivity index (χ2n) is 0.447. The van der Waals surface area contributed by atoms with Gasteiger partial charge < -0.3 is 5.48 Å². The highest BCUT2D eigenvalue weighted by Gasteiger charge is 1.57. The average Bonchev–Trinajstić information content (AvgIpc) is 1.37. The minimum absolute atomic E-state index is 0. The Labute approximate surface area is 42.9 Å². The first kappa shape index (κ1) is 9.18. The summed E-state index contributed by atoms with van der Waals surface area (Å²) in [5, 5.41) is 0. The monoisotopic (exact) mass is 112 g/mol. The maximum atomic E-state index is 3.84. The summed E-state index contributed by atoms with van der Waals surface area (Å²) in [4.78, 5) is 0. The van der Waals surface area contributed by atoms with Crippen molar-refractivity contribution in [3.05, 3.63) is 0 Å². The van der Waals surface area contributed by atoms with Crippen molar-refractivity contribution in [1.29, 1.82) is 0 Å². The summed E-state index contributed by atoms with van der Waals surface area (Å²) in [5.41, 5.74) is 0. The van der Waals surface area contributed by atoms with Gasteiger partial charge in [-0.1, -0.05) is 0 Å². The molecule has 0 fully saturated rings. The van der Waals surface area contributed by atoms with E-state index >= 15 is 0 Å². The molecule has 0 aliphatic heterocycles. The number of thiol groups is 2. The van der Waals surface area contributed by atoms with Gasteiger partial charge in [0, 0.05) is 0 Å². The van der Waals surface area contributed by atoms with E-state index in [0.29, 0.717) is 0 Å². The molecule has 0 heterocycles. The van der Waals surface area contributed by atoms with Crippen LogP contribution in [0.1, 0.15) is 0 Å². The molecule has 0 radical (unpaired) electrons. The fourth-order valence-corrected chi connectivity index (χ4v) is 0. The van der Waals surface area contributed by atoms with E-state index in [1.165, 1.54) is 0 Å². The van der Waals surface area contributed by atoms with Crippen molar-refractivity contribution >= 4 is 25.3 Å². The molecular weight excluding hydrogens is 104 g/mol. The fourth-order valence-electron chi connectivity index (χ4n) is 0. The van der Waals surface area contributed by atoms with E-state index in [1.807, 2.05) is 0 Å². The summed E-state index contributed by atoms with van der Waals surface area (Å²) in [6.45, 7) is 0. The Bertz CT molecular complexity index is 9.61. The lowest BCUT2D eigenvalue weighted by Gasteiger charge is -1.67. The number of rotatable bonds is 1. The van der Waals surface area contributed by atoms with Gasteiger partial charge in [0.25, 0.3) is 0 Å². The molecule has 0 aliphatic rings. The van der Waals surface area contributed by atoms with Crippen LogP contribution in [-0.4, -0.2) is 17.0 Å². The lowest BCUT2D eigenvalue weighted by molar-refractivity contribution is 0.824. The van der Waals surface area contributed by atoms with Crippen LogP contribution in [-0.2, 0) is 0 Å². The maximum absolute atomic E-state index is 3.84. The van der Waals surface area contributed by atoms with Gasteiger partial charge in [-0.25, -0.2) is 0 Å². The minimum atomic E-state index is 0. The van der Waals surface area contributed by atoms with Gasteiger partial charge in [-0.3, -0.25) is 0 Å². The molecule has 0 aliphatic carbocycles. The first-order valence-corrected chi connectivity index (χ1v) is 2.40. The number of hydrogen-bond donors (Lipinski definition) is 2. The van der Waals surface area contributed by atoms with Gasteiger partial charge in [0.05, 0.1) is 0 Å². The Kier molecular flexibility index (Phi) is 16.2. The van der Waals surface area contributed by atoms with Gasteiger partial charge in [-0.15, -0.1) is 0 Å². The van der Waals surface area contributed by atoms with Crippen molar-refractivity contribution < 1.29 is 5.48 Å². The molecule has 3 heteroatoms. The first-order chi connectivity index (χ1) is 1.91. The SMILES string of the molecule is O.SCCS. The molecule has 1 nitrogen and oxygen atoms in total. The molecule has 0 spiro atoms. The zero-order valence-electron chi connectivity index (χ0n) is 2.81. The molecule has 0 bridgehead atoms. The van der Waals surface area contributed by atoms with Crippen molar-refractivity contribution in [3.8, 4) is 0 Å². The summed E-state index contributed by atoms with van der Waals surface area (Å²) in [6.07, 6.45) is 0. The molecule has 0 aromatic heterocycles. The quantitative estimate of drug-likeness (QED) is 0.448. The topological polar surface area (TPSA) is 31.5 Å². The molecule has 0 saturated heterocycles. The average molecular weight is 112 g/mol. The predicted molar refractivity (Wildman–Crippen MR) is 31.3 cm³/mol. The van der Waals surface area contributed by atoms with Gasteiger partial charge >= 0.3 is 0 Å². The van der Waals surface area contributed by atoms with Crippen LogP contribution in [0.5, 0.6) is 0 Å². The molecule has 34 valence electrons. The second kappa shape index (κ2) is 8.82. The van der Waals surface area contributed by atoms with Gasteiger partial charge in [0.1, 0.15) is 0 Å². The third kappa shape index (κ3) is 12.0.